The Bertz CT molecular complexity index is 1370. The van der Waals surface area contributed by atoms with Gasteiger partial charge in [-0.3, -0.25) is 9.69 Å². The number of aromatic nitrogens is 1. The molecule has 1 amide bonds. The van der Waals surface area contributed by atoms with Crippen LogP contribution in [0.4, 0.5) is 9.52 Å². The van der Waals surface area contributed by atoms with Crippen molar-refractivity contribution in [3.05, 3.63) is 48.3 Å². The van der Waals surface area contributed by atoms with E-state index in [9.17, 15) is 26.0 Å². The van der Waals surface area contributed by atoms with Crippen LogP contribution < -0.4 is 4.90 Å². The minimum Gasteiger partial charge on any atom is -0.308 e. The van der Waals surface area contributed by atoms with Crippen LogP contribution >= 0.6 is 11.3 Å². The Morgan fingerprint density at radius 3 is 2.24 bits per heavy atom. The van der Waals surface area contributed by atoms with Gasteiger partial charge in [0.05, 0.1) is 25.8 Å². The van der Waals surface area contributed by atoms with E-state index in [4.69, 9.17) is 0 Å². The third-order valence-electron chi connectivity index (χ3n) is 4.84. The molecule has 0 bridgehead atoms. The lowest BCUT2D eigenvalue weighted by Crippen LogP contribution is -2.37. The first-order valence-corrected chi connectivity index (χ1v) is 14.3. The van der Waals surface area contributed by atoms with Crippen LogP contribution in [0.5, 0.6) is 0 Å². The summed E-state index contributed by atoms with van der Waals surface area (Å²) in [4.78, 5) is 20.9. The predicted octanol–water partition coefficient (Wildman–Crippen LogP) is 2.60. The highest BCUT2D eigenvalue weighted by Gasteiger charge is 2.24. The van der Waals surface area contributed by atoms with Crippen LogP contribution in [0, 0.1) is 5.82 Å². The minimum absolute atomic E-state index is 0.0511. The number of halogens is 1. The molecule has 1 aromatic heterocycles. The molecule has 0 aliphatic rings. The van der Waals surface area contributed by atoms with Crippen LogP contribution in [0.25, 0.3) is 10.2 Å². The maximum absolute atomic E-state index is 13.1. The number of carbonyl (C=O) groups is 1. The molecular weight excluding hydrogens is 489 g/mol. The number of rotatable bonds is 9. The van der Waals surface area contributed by atoms with E-state index in [1.165, 1.54) is 40.5 Å². The smallest absolute Gasteiger partial charge is 0.229 e. The number of hydrogen-bond donors (Lipinski definition) is 0. The first-order chi connectivity index (χ1) is 15.4. The molecule has 3 aromatic rings. The first-order valence-electron chi connectivity index (χ1n) is 9.91. The van der Waals surface area contributed by atoms with Gasteiger partial charge in [-0.1, -0.05) is 11.3 Å². The molecule has 8 nitrogen and oxygen atoms in total. The van der Waals surface area contributed by atoms with E-state index in [2.05, 4.69) is 4.98 Å². The van der Waals surface area contributed by atoms with Gasteiger partial charge in [0.1, 0.15) is 5.82 Å². The Morgan fingerprint density at radius 1 is 1.00 bits per heavy atom. The van der Waals surface area contributed by atoms with E-state index in [-0.39, 0.29) is 22.8 Å². The molecular formula is C21H24FN3O5S3. The molecule has 33 heavy (non-hydrogen) atoms. The summed E-state index contributed by atoms with van der Waals surface area (Å²) in [6.07, 6.45) is 0.836. The minimum atomic E-state index is -3.77. The molecule has 0 aliphatic carbocycles. The van der Waals surface area contributed by atoms with Gasteiger partial charge in [0, 0.05) is 25.8 Å². The van der Waals surface area contributed by atoms with E-state index in [0.29, 0.717) is 21.9 Å². The van der Waals surface area contributed by atoms with Gasteiger partial charge in [0.25, 0.3) is 0 Å². The molecule has 0 saturated carbocycles. The number of sulfone groups is 2. The summed E-state index contributed by atoms with van der Waals surface area (Å²) in [5.74, 6) is -1.40. The van der Waals surface area contributed by atoms with Gasteiger partial charge in [-0.25, -0.2) is 26.2 Å². The number of nitrogens with zero attached hydrogens (tertiary/aromatic N) is 3. The van der Waals surface area contributed by atoms with Crippen molar-refractivity contribution in [1.82, 2.24) is 9.88 Å². The second-order valence-electron chi connectivity index (χ2n) is 7.77. The van der Waals surface area contributed by atoms with Crippen molar-refractivity contribution in [1.29, 1.82) is 0 Å². The van der Waals surface area contributed by atoms with Gasteiger partial charge in [-0.2, -0.15) is 0 Å². The van der Waals surface area contributed by atoms with E-state index >= 15 is 0 Å². The first kappa shape index (κ1) is 25.2. The quantitative estimate of drug-likeness (QED) is 0.405. The molecule has 0 unspecified atom stereocenters. The highest BCUT2D eigenvalue weighted by molar-refractivity contribution is 7.91. The van der Waals surface area contributed by atoms with Crippen LogP contribution in [-0.2, 0) is 24.5 Å². The third kappa shape index (κ3) is 6.34. The molecule has 0 radical (unpaired) electrons. The predicted molar refractivity (Wildman–Crippen MR) is 127 cm³/mol. The second-order valence-corrected chi connectivity index (χ2v) is 12.9. The maximum Gasteiger partial charge on any atom is 0.229 e. The molecule has 0 fully saturated rings. The molecule has 0 aliphatic heterocycles. The number of fused-ring (bicyclic) bond motifs is 1. The zero-order valence-electron chi connectivity index (χ0n) is 18.4. The Kier molecular flexibility index (Phi) is 7.52. The summed E-state index contributed by atoms with van der Waals surface area (Å²) < 4.78 is 62.6. The lowest BCUT2D eigenvalue weighted by molar-refractivity contribution is -0.118. The van der Waals surface area contributed by atoms with Gasteiger partial charge < -0.3 is 4.90 Å². The summed E-state index contributed by atoms with van der Waals surface area (Å²) in [7, 11) is -3.48. The molecule has 0 N–H and O–H groups in total. The van der Waals surface area contributed by atoms with E-state index in [1.807, 2.05) is 19.0 Å². The summed E-state index contributed by atoms with van der Waals surface area (Å²) >= 11 is 1.17. The molecule has 178 valence electrons. The van der Waals surface area contributed by atoms with Crippen LogP contribution in [0.15, 0.2) is 52.3 Å². The van der Waals surface area contributed by atoms with Crippen LogP contribution in [-0.4, -0.2) is 71.8 Å². The van der Waals surface area contributed by atoms with Gasteiger partial charge in [-0.15, -0.1) is 0 Å². The summed E-state index contributed by atoms with van der Waals surface area (Å²) in [5, 5.41) is 0.363. The highest BCUT2D eigenvalue weighted by atomic mass is 32.2. The number of anilines is 1. The maximum atomic E-state index is 13.1. The Balaban J connectivity index is 1.85. The average molecular weight is 514 g/mol. The van der Waals surface area contributed by atoms with Crippen molar-refractivity contribution in [2.75, 3.05) is 44.1 Å². The number of benzene rings is 2. The average Bonchev–Trinajstić information content (AvgIpc) is 3.15. The van der Waals surface area contributed by atoms with E-state index in [0.717, 1.165) is 18.4 Å². The molecule has 0 atom stereocenters. The molecule has 0 saturated heterocycles. The van der Waals surface area contributed by atoms with E-state index in [1.54, 1.807) is 6.07 Å². The molecule has 3 rings (SSSR count). The number of hydrogen-bond acceptors (Lipinski definition) is 8. The zero-order valence-corrected chi connectivity index (χ0v) is 20.8. The Labute approximate surface area is 196 Å². The molecule has 2 aromatic carbocycles. The van der Waals surface area contributed by atoms with Crippen LogP contribution in [0.1, 0.15) is 6.42 Å². The zero-order chi connectivity index (χ0) is 24.4. The lowest BCUT2D eigenvalue weighted by Gasteiger charge is -2.22. The van der Waals surface area contributed by atoms with Gasteiger partial charge >= 0.3 is 0 Å². The standard InChI is InChI=1S/C21H24FN3O5S3/c1-24(2)11-12-25(20(26)10-13-33(29,30)16-6-4-15(22)5-7-16)21-23-18-9-8-17(32(3,27)28)14-19(18)31-21/h4-9,14H,10-13H2,1-3H3. The van der Waals surface area contributed by atoms with Crippen LogP contribution in [0.3, 0.4) is 0 Å². The Morgan fingerprint density at radius 2 is 1.64 bits per heavy atom. The summed E-state index contributed by atoms with van der Waals surface area (Å²) in [6.45, 7) is 0.794. The second kappa shape index (κ2) is 9.84. The van der Waals surface area contributed by atoms with Crippen molar-refractivity contribution in [2.45, 2.75) is 16.2 Å². The summed E-state index contributed by atoms with van der Waals surface area (Å²) in [6, 6.07) is 9.02. The molecule has 0 spiro atoms. The summed E-state index contributed by atoms with van der Waals surface area (Å²) in [5.41, 5.74) is 0.545. The number of carbonyl (C=O) groups excluding carboxylic acids is 1. The number of amides is 1. The van der Waals surface area contributed by atoms with E-state index < -0.39 is 37.2 Å². The van der Waals surface area contributed by atoms with Crippen molar-refractivity contribution in [3.8, 4) is 0 Å². The van der Waals surface area contributed by atoms with Crippen molar-refractivity contribution < 1.29 is 26.0 Å². The van der Waals surface area contributed by atoms with Crippen molar-refractivity contribution in [2.24, 2.45) is 0 Å². The number of likely N-dealkylation sites (N-methyl/N-ethyl adjacent to an activating group) is 1. The molecule has 1 heterocycles. The van der Waals surface area contributed by atoms with Gasteiger partial charge in [-0.05, 0) is 56.6 Å². The highest BCUT2D eigenvalue weighted by Crippen LogP contribution is 2.31. The fraction of sp³-hybridized carbons (Fsp3) is 0.333. The van der Waals surface area contributed by atoms with Gasteiger partial charge in [0.15, 0.2) is 24.8 Å². The lowest BCUT2D eigenvalue weighted by atomic mass is 10.3. The third-order valence-corrected chi connectivity index (χ3v) is 8.72. The topological polar surface area (TPSA) is 105 Å². The number of thiazole rings is 1. The fourth-order valence-electron chi connectivity index (χ4n) is 2.98. The SMILES string of the molecule is CN(C)CCN(C(=O)CCS(=O)(=O)c1ccc(F)cc1)c1nc2ccc(S(C)(=O)=O)cc2s1. The normalized spacial score (nSPS) is 12.4. The fourth-order valence-corrected chi connectivity index (χ4v) is 5.98. The van der Waals surface area contributed by atoms with Crippen molar-refractivity contribution >= 4 is 52.3 Å². The largest absolute Gasteiger partial charge is 0.308 e. The Hall–Kier alpha value is -2.41. The monoisotopic (exact) mass is 513 g/mol. The van der Waals surface area contributed by atoms with Crippen molar-refractivity contribution in [3.63, 3.8) is 0 Å². The molecule has 12 heteroatoms. The van der Waals surface area contributed by atoms with Crippen LogP contribution in [0.2, 0.25) is 0 Å². The van der Waals surface area contributed by atoms with Gasteiger partial charge in [0.2, 0.25) is 5.91 Å².